The molecule has 29 heavy (non-hydrogen) atoms. The monoisotopic (exact) mass is 544 g/mol. The molecule has 1 N–H and O–H groups in total. The van der Waals surface area contributed by atoms with Gasteiger partial charge >= 0.3 is 5.97 Å². The molecule has 0 spiro atoms. The Morgan fingerprint density at radius 1 is 1.21 bits per heavy atom. The Morgan fingerprint density at radius 2 is 1.97 bits per heavy atom. The van der Waals surface area contributed by atoms with E-state index in [0.29, 0.717) is 30.6 Å². The molecule has 0 fully saturated rings. The summed E-state index contributed by atoms with van der Waals surface area (Å²) in [4.78, 5) is 23.8. The molecule has 2 rings (SSSR count). The van der Waals surface area contributed by atoms with Crippen LogP contribution in [0.4, 0.5) is 5.69 Å². The van der Waals surface area contributed by atoms with Crippen LogP contribution in [0.25, 0.3) is 6.08 Å². The zero-order chi connectivity index (χ0) is 21.4. The fourth-order valence-electron chi connectivity index (χ4n) is 2.15. The van der Waals surface area contributed by atoms with Gasteiger partial charge in [-0.2, -0.15) is 5.26 Å². The summed E-state index contributed by atoms with van der Waals surface area (Å²) in [5.74, 6) is -0.545. The van der Waals surface area contributed by atoms with Crippen LogP contribution in [0.3, 0.4) is 0 Å². The molecule has 0 aromatic heterocycles. The van der Waals surface area contributed by atoms with Crippen LogP contribution in [-0.2, 0) is 14.3 Å². The average molecular weight is 545 g/mol. The fraction of sp³-hybridized carbons (Fsp3) is 0.150. The van der Waals surface area contributed by atoms with E-state index in [9.17, 15) is 14.9 Å². The van der Waals surface area contributed by atoms with Crippen molar-refractivity contribution >= 4 is 69.4 Å². The SMILES string of the molecule is CCOC(=O)COc1ccc(/C=C(\C#N)C(=O)Nc2ccc(Cl)c(Cl)c2)cc1I. The maximum Gasteiger partial charge on any atom is 0.344 e. The molecule has 2 aromatic rings. The molecule has 0 atom stereocenters. The second-order valence-electron chi connectivity index (χ2n) is 5.54. The first-order valence-electron chi connectivity index (χ1n) is 8.30. The van der Waals surface area contributed by atoms with E-state index in [4.69, 9.17) is 32.7 Å². The Labute approximate surface area is 191 Å². The summed E-state index contributed by atoms with van der Waals surface area (Å²) in [5, 5.41) is 12.6. The summed E-state index contributed by atoms with van der Waals surface area (Å²) < 4.78 is 10.9. The standard InChI is InChI=1S/C20H15Cl2IN2O4/c1-2-28-19(26)11-29-18-6-3-12(8-17(18)23)7-13(10-24)20(27)25-14-4-5-15(21)16(22)9-14/h3-9H,2,11H2,1H3,(H,25,27)/b13-7+. The van der Waals surface area contributed by atoms with Crippen molar-refractivity contribution in [2.24, 2.45) is 0 Å². The summed E-state index contributed by atoms with van der Waals surface area (Å²) in [6, 6.07) is 11.6. The van der Waals surface area contributed by atoms with Gasteiger partial charge in [0.05, 0.1) is 20.2 Å². The lowest BCUT2D eigenvalue weighted by molar-refractivity contribution is -0.145. The molecular formula is C20H15Cl2IN2O4. The highest BCUT2D eigenvalue weighted by molar-refractivity contribution is 14.1. The number of rotatable bonds is 7. The summed E-state index contributed by atoms with van der Waals surface area (Å²) >= 11 is 13.8. The summed E-state index contributed by atoms with van der Waals surface area (Å²) in [5.41, 5.74) is 0.952. The van der Waals surface area contributed by atoms with Crippen molar-refractivity contribution in [3.8, 4) is 11.8 Å². The van der Waals surface area contributed by atoms with Crippen LogP contribution in [0.15, 0.2) is 42.0 Å². The number of nitrogens with one attached hydrogen (secondary N) is 1. The molecule has 0 saturated heterocycles. The fourth-order valence-corrected chi connectivity index (χ4v) is 3.14. The number of hydrogen-bond acceptors (Lipinski definition) is 5. The van der Waals surface area contributed by atoms with E-state index in [-0.39, 0.29) is 18.8 Å². The molecule has 2 aromatic carbocycles. The number of carbonyl (C=O) groups is 2. The van der Waals surface area contributed by atoms with Crippen molar-refractivity contribution in [2.75, 3.05) is 18.5 Å². The van der Waals surface area contributed by atoms with Gasteiger partial charge in [0.25, 0.3) is 5.91 Å². The lowest BCUT2D eigenvalue weighted by atomic mass is 10.1. The molecule has 0 aliphatic heterocycles. The van der Waals surface area contributed by atoms with Gasteiger partial charge in [-0.15, -0.1) is 0 Å². The third kappa shape index (κ3) is 6.92. The van der Waals surface area contributed by atoms with Crippen LogP contribution >= 0.6 is 45.8 Å². The van der Waals surface area contributed by atoms with Crippen molar-refractivity contribution in [3.63, 3.8) is 0 Å². The third-order valence-electron chi connectivity index (χ3n) is 3.46. The molecule has 0 aliphatic rings. The van der Waals surface area contributed by atoms with Crippen molar-refractivity contribution < 1.29 is 19.1 Å². The number of benzene rings is 2. The number of esters is 1. The van der Waals surface area contributed by atoms with E-state index in [2.05, 4.69) is 5.32 Å². The van der Waals surface area contributed by atoms with Gasteiger partial charge in [0.15, 0.2) is 6.61 Å². The van der Waals surface area contributed by atoms with Gasteiger partial charge in [0, 0.05) is 5.69 Å². The molecule has 0 radical (unpaired) electrons. The topological polar surface area (TPSA) is 88.4 Å². The van der Waals surface area contributed by atoms with Gasteiger partial charge in [0.1, 0.15) is 17.4 Å². The Bertz CT molecular complexity index is 1000. The van der Waals surface area contributed by atoms with Crippen molar-refractivity contribution in [1.82, 2.24) is 0 Å². The minimum Gasteiger partial charge on any atom is -0.481 e. The molecule has 0 saturated carbocycles. The molecule has 0 bridgehead atoms. The average Bonchev–Trinajstić information content (AvgIpc) is 2.68. The smallest absolute Gasteiger partial charge is 0.344 e. The molecule has 0 heterocycles. The number of ether oxygens (including phenoxy) is 2. The molecule has 150 valence electrons. The van der Waals surface area contributed by atoms with Crippen LogP contribution in [0.2, 0.25) is 10.0 Å². The zero-order valence-corrected chi connectivity index (χ0v) is 18.8. The minimum atomic E-state index is -0.580. The van der Waals surface area contributed by atoms with Crippen LogP contribution in [0.1, 0.15) is 12.5 Å². The maximum absolute atomic E-state index is 12.4. The van der Waals surface area contributed by atoms with Gasteiger partial charge < -0.3 is 14.8 Å². The first-order valence-corrected chi connectivity index (χ1v) is 10.1. The Kier molecular flexibility index (Phi) is 8.76. The second kappa shape index (κ2) is 11.0. The minimum absolute atomic E-state index is 0.0907. The molecule has 1 amide bonds. The van der Waals surface area contributed by atoms with Crippen molar-refractivity contribution in [3.05, 3.63) is 61.2 Å². The number of nitriles is 1. The van der Waals surface area contributed by atoms with Gasteiger partial charge in [-0.3, -0.25) is 4.79 Å². The van der Waals surface area contributed by atoms with Crippen LogP contribution in [0.5, 0.6) is 5.75 Å². The molecule has 0 aliphatic carbocycles. The molecule has 9 heteroatoms. The first kappa shape index (κ1) is 23.0. The summed E-state index contributed by atoms with van der Waals surface area (Å²) in [6.07, 6.45) is 1.45. The predicted octanol–water partition coefficient (Wildman–Crippen LogP) is 5.09. The van der Waals surface area contributed by atoms with Crippen LogP contribution in [-0.4, -0.2) is 25.1 Å². The summed E-state index contributed by atoms with van der Waals surface area (Å²) in [6.45, 7) is 1.80. The quantitative estimate of drug-likeness (QED) is 0.227. The second-order valence-corrected chi connectivity index (χ2v) is 7.51. The van der Waals surface area contributed by atoms with E-state index in [0.717, 1.165) is 0 Å². The van der Waals surface area contributed by atoms with Crippen LogP contribution in [0, 0.1) is 14.9 Å². The van der Waals surface area contributed by atoms with Gasteiger partial charge in [0.2, 0.25) is 0 Å². The van der Waals surface area contributed by atoms with E-state index < -0.39 is 11.9 Å². The number of carbonyl (C=O) groups excluding carboxylic acids is 2. The van der Waals surface area contributed by atoms with E-state index in [1.54, 1.807) is 37.3 Å². The van der Waals surface area contributed by atoms with Gasteiger partial charge in [-0.25, -0.2) is 4.79 Å². The lowest BCUT2D eigenvalue weighted by Crippen LogP contribution is -2.15. The normalized spacial score (nSPS) is 10.8. The van der Waals surface area contributed by atoms with Crippen LogP contribution < -0.4 is 10.1 Å². The number of halogens is 3. The number of hydrogen-bond donors (Lipinski definition) is 1. The highest BCUT2D eigenvalue weighted by atomic mass is 127. The summed E-state index contributed by atoms with van der Waals surface area (Å²) in [7, 11) is 0. The Hall–Kier alpha value is -2.28. The Balaban J connectivity index is 2.12. The molecule has 6 nitrogen and oxygen atoms in total. The first-order chi connectivity index (χ1) is 13.8. The lowest BCUT2D eigenvalue weighted by Gasteiger charge is -2.09. The zero-order valence-electron chi connectivity index (χ0n) is 15.2. The van der Waals surface area contributed by atoms with Crippen molar-refractivity contribution in [1.29, 1.82) is 5.26 Å². The largest absolute Gasteiger partial charge is 0.481 e. The number of nitrogens with zero attached hydrogens (tertiary/aromatic N) is 1. The predicted molar refractivity (Wildman–Crippen MR) is 120 cm³/mol. The van der Waals surface area contributed by atoms with E-state index in [1.165, 1.54) is 12.1 Å². The maximum atomic E-state index is 12.4. The van der Waals surface area contributed by atoms with E-state index in [1.807, 2.05) is 28.7 Å². The van der Waals surface area contributed by atoms with Gasteiger partial charge in [-0.05, 0) is 71.5 Å². The van der Waals surface area contributed by atoms with Gasteiger partial charge in [-0.1, -0.05) is 29.3 Å². The highest BCUT2D eigenvalue weighted by Crippen LogP contribution is 2.26. The number of amides is 1. The van der Waals surface area contributed by atoms with E-state index >= 15 is 0 Å². The van der Waals surface area contributed by atoms with Crippen molar-refractivity contribution in [2.45, 2.75) is 6.92 Å². The molecule has 0 unspecified atom stereocenters. The number of anilines is 1. The third-order valence-corrected chi connectivity index (χ3v) is 5.04. The Morgan fingerprint density at radius 3 is 2.59 bits per heavy atom. The highest BCUT2D eigenvalue weighted by Gasteiger charge is 2.12. The molecular weight excluding hydrogens is 530 g/mol.